The van der Waals surface area contributed by atoms with Gasteiger partial charge in [-0.2, -0.15) is 0 Å². The molecule has 2 aromatic carbocycles. The molecule has 2 aromatic rings. The summed E-state index contributed by atoms with van der Waals surface area (Å²) in [5, 5.41) is 11.5. The molecule has 2 rings (SSSR count). The first-order valence-corrected chi connectivity index (χ1v) is 6.94. The molecule has 120 valence electrons. The lowest BCUT2D eigenvalue weighted by molar-refractivity contribution is -0.122. The van der Waals surface area contributed by atoms with Gasteiger partial charge in [-0.15, -0.1) is 0 Å². The van der Waals surface area contributed by atoms with E-state index in [0.29, 0.717) is 17.2 Å². The number of carboxylic acid groups (broad SMARTS) is 1. The molecule has 0 spiro atoms. The summed E-state index contributed by atoms with van der Waals surface area (Å²) < 4.78 is 10.7. The summed E-state index contributed by atoms with van der Waals surface area (Å²) in [7, 11) is 1.55. The second-order valence-electron chi connectivity index (χ2n) is 4.81. The third-order valence-electron chi connectivity index (χ3n) is 3.12. The lowest BCUT2D eigenvalue weighted by atomic mass is 10.2. The number of benzene rings is 2. The van der Waals surface area contributed by atoms with Crippen LogP contribution in [0.5, 0.6) is 11.5 Å². The van der Waals surface area contributed by atoms with E-state index in [1.165, 1.54) is 24.3 Å². The van der Waals surface area contributed by atoms with Gasteiger partial charge in [0.25, 0.3) is 5.91 Å². The van der Waals surface area contributed by atoms with Crippen LogP contribution in [0.25, 0.3) is 0 Å². The lowest BCUT2D eigenvalue weighted by Gasteiger charge is -2.15. The molecule has 2 N–H and O–H groups in total. The van der Waals surface area contributed by atoms with E-state index in [0.717, 1.165) is 0 Å². The molecule has 23 heavy (non-hydrogen) atoms. The second-order valence-corrected chi connectivity index (χ2v) is 4.81. The van der Waals surface area contributed by atoms with Crippen molar-refractivity contribution in [1.82, 2.24) is 0 Å². The molecule has 0 unspecified atom stereocenters. The Morgan fingerprint density at radius 2 is 1.74 bits per heavy atom. The number of ether oxygens (including phenoxy) is 2. The molecule has 6 nitrogen and oxygen atoms in total. The van der Waals surface area contributed by atoms with Gasteiger partial charge in [-0.25, -0.2) is 4.79 Å². The summed E-state index contributed by atoms with van der Waals surface area (Å²) in [5.41, 5.74) is 0.657. The molecular formula is C17H17NO5. The SMILES string of the molecule is COc1cccc(O[C@H](C)C(=O)Nc2ccc(C(=O)O)cc2)c1. The van der Waals surface area contributed by atoms with Gasteiger partial charge in [0.05, 0.1) is 12.7 Å². The predicted molar refractivity (Wildman–Crippen MR) is 85.1 cm³/mol. The summed E-state index contributed by atoms with van der Waals surface area (Å²) in [6.45, 7) is 1.63. The zero-order valence-electron chi connectivity index (χ0n) is 12.8. The van der Waals surface area contributed by atoms with E-state index in [2.05, 4.69) is 5.32 Å². The first-order valence-electron chi connectivity index (χ1n) is 6.94. The maximum atomic E-state index is 12.1. The van der Waals surface area contributed by atoms with E-state index in [1.54, 1.807) is 38.3 Å². The van der Waals surface area contributed by atoms with Crippen LogP contribution in [-0.2, 0) is 4.79 Å². The molecule has 0 fully saturated rings. The summed E-state index contributed by atoms with van der Waals surface area (Å²) >= 11 is 0. The van der Waals surface area contributed by atoms with Crippen molar-refractivity contribution in [3.8, 4) is 11.5 Å². The predicted octanol–water partition coefficient (Wildman–Crippen LogP) is 2.80. The molecule has 0 saturated heterocycles. The number of hydrogen-bond donors (Lipinski definition) is 2. The van der Waals surface area contributed by atoms with Crippen molar-refractivity contribution in [2.45, 2.75) is 13.0 Å². The van der Waals surface area contributed by atoms with Crippen molar-refractivity contribution in [2.24, 2.45) is 0 Å². The van der Waals surface area contributed by atoms with Crippen LogP contribution in [0.4, 0.5) is 5.69 Å². The standard InChI is InChI=1S/C17H17NO5/c1-11(23-15-5-3-4-14(10-15)22-2)16(19)18-13-8-6-12(7-9-13)17(20)21/h3-11H,1-2H3,(H,18,19)(H,20,21)/t11-/m1/s1. The first kappa shape index (κ1) is 16.4. The third-order valence-corrected chi connectivity index (χ3v) is 3.12. The van der Waals surface area contributed by atoms with Crippen LogP contribution in [-0.4, -0.2) is 30.2 Å². The summed E-state index contributed by atoms with van der Waals surface area (Å²) in [6, 6.07) is 12.9. The van der Waals surface area contributed by atoms with E-state index in [-0.39, 0.29) is 11.5 Å². The number of carbonyl (C=O) groups is 2. The Labute approximate surface area is 133 Å². The monoisotopic (exact) mass is 315 g/mol. The average molecular weight is 315 g/mol. The highest BCUT2D eigenvalue weighted by Gasteiger charge is 2.15. The molecule has 0 bridgehead atoms. The summed E-state index contributed by atoms with van der Waals surface area (Å²) in [4.78, 5) is 22.9. The fourth-order valence-electron chi connectivity index (χ4n) is 1.87. The van der Waals surface area contributed by atoms with Gasteiger partial charge in [-0.3, -0.25) is 4.79 Å². The van der Waals surface area contributed by atoms with Crippen LogP contribution >= 0.6 is 0 Å². The van der Waals surface area contributed by atoms with Crippen molar-refractivity contribution in [3.63, 3.8) is 0 Å². The Hall–Kier alpha value is -3.02. The first-order chi connectivity index (χ1) is 11.0. The molecule has 1 amide bonds. The maximum absolute atomic E-state index is 12.1. The third kappa shape index (κ3) is 4.47. The number of amides is 1. The lowest BCUT2D eigenvalue weighted by Crippen LogP contribution is -2.30. The molecule has 0 heterocycles. The number of hydrogen-bond acceptors (Lipinski definition) is 4. The molecule has 0 saturated carbocycles. The molecule has 1 atom stereocenters. The number of methoxy groups -OCH3 is 1. The average Bonchev–Trinajstić information content (AvgIpc) is 2.55. The van der Waals surface area contributed by atoms with Gasteiger partial charge in [0.1, 0.15) is 11.5 Å². The Bertz CT molecular complexity index is 696. The zero-order chi connectivity index (χ0) is 16.8. The Morgan fingerprint density at radius 1 is 1.09 bits per heavy atom. The van der Waals surface area contributed by atoms with Gasteiger partial charge in [0.2, 0.25) is 0 Å². The fourth-order valence-corrected chi connectivity index (χ4v) is 1.87. The van der Waals surface area contributed by atoms with Crippen molar-refractivity contribution in [2.75, 3.05) is 12.4 Å². The van der Waals surface area contributed by atoms with Gasteiger partial charge in [-0.1, -0.05) is 6.07 Å². The molecule has 0 aliphatic heterocycles. The number of nitrogens with one attached hydrogen (secondary N) is 1. The molecule has 0 aliphatic carbocycles. The number of aromatic carboxylic acids is 1. The van der Waals surface area contributed by atoms with Crippen LogP contribution in [0, 0.1) is 0 Å². The zero-order valence-corrected chi connectivity index (χ0v) is 12.8. The van der Waals surface area contributed by atoms with Crippen molar-refractivity contribution in [1.29, 1.82) is 0 Å². The van der Waals surface area contributed by atoms with Gasteiger partial charge >= 0.3 is 5.97 Å². The smallest absolute Gasteiger partial charge is 0.335 e. The molecular weight excluding hydrogens is 298 g/mol. The largest absolute Gasteiger partial charge is 0.497 e. The van der Waals surface area contributed by atoms with E-state index in [9.17, 15) is 9.59 Å². The van der Waals surface area contributed by atoms with Crippen molar-refractivity contribution < 1.29 is 24.2 Å². The van der Waals surface area contributed by atoms with Crippen LogP contribution in [0.3, 0.4) is 0 Å². The summed E-state index contributed by atoms with van der Waals surface area (Å²) in [6.07, 6.45) is -0.721. The summed E-state index contributed by atoms with van der Waals surface area (Å²) in [5.74, 6) is -0.193. The van der Waals surface area contributed by atoms with Crippen LogP contribution in [0.2, 0.25) is 0 Å². The topological polar surface area (TPSA) is 84.9 Å². The molecule has 0 aromatic heterocycles. The van der Waals surface area contributed by atoms with Crippen molar-refractivity contribution >= 4 is 17.6 Å². The van der Waals surface area contributed by atoms with Gasteiger partial charge in [0, 0.05) is 11.8 Å². The molecule has 0 radical (unpaired) electrons. The minimum absolute atomic E-state index is 0.156. The van der Waals surface area contributed by atoms with E-state index in [1.807, 2.05) is 0 Å². The van der Waals surface area contributed by atoms with Crippen LogP contribution < -0.4 is 14.8 Å². The minimum Gasteiger partial charge on any atom is -0.497 e. The Balaban J connectivity index is 1.97. The highest BCUT2D eigenvalue weighted by molar-refractivity contribution is 5.95. The molecule has 6 heteroatoms. The van der Waals surface area contributed by atoms with Crippen LogP contribution in [0.15, 0.2) is 48.5 Å². The van der Waals surface area contributed by atoms with E-state index < -0.39 is 12.1 Å². The number of anilines is 1. The minimum atomic E-state index is -1.02. The maximum Gasteiger partial charge on any atom is 0.335 e. The van der Waals surface area contributed by atoms with Gasteiger partial charge in [0.15, 0.2) is 6.10 Å². The molecule has 0 aliphatic rings. The number of carboxylic acids is 1. The number of carbonyl (C=O) groups excluding carboxylic acids is 1. The highest BCUT2D eigenvalue weighted by Crippen LogP contribution is 2.20. The fraction of sp³-hybridized carbons (Fsp3) is 0.176. The number of rotatable bonds is 6. The highest BCUT2D eigenvalue weighted by atomic mass is 16.5. The van der Waals surface area contributed by atoms with Crippen LogP contribution in [0.1, 0.15) is 17.3 Å². The van der Waals surface area contributed by atoms with E-state index >= 15 is 0 Å². The second kappa shape index (κ2) is 7.31. The van der Waals surface area contributed by atoms with Crippen molar-refractivity contribution in [3.05, 3.63) is 54.1 Å². The Kier molecular flexibility index (Phi) is 5.19. The van der Waals surface area contributed by atoms with Gasteiger partial charge < -0.3 is 19.9 Å². The van der Waals surface area contributed by atoms with E-state index in [4.69, 9.17) is 14.6 Å². The normalized spacial score (nSPS) is 11.4. The van der Waals surface area contributed by atoms with Gasteiger partial charge in [-0.05, 0) is 43.3 Å². The quantitative estimate of drug-likeness (QED) is 0.856. The Morgan fingerprint density at radius 3 is 2.35 bits per heavy atom.